The van der Waals surface area contributed by atoms with Crippen molar-refractivity contribution in [3.63, 3.8) is 0 Å². The van der Waals surface area contributed by atoms with Crippen LogP contribution in [0, 0.1) is 6.92 Å². The predicted molar refractivity (Wildman–Crippen MR) is 503 cm³/mol. The lowest BCUT2D eigenvalue weighted by molar-refractivity contribution is -0.138. The monoisotopic (exact) mass is 1820 g/mol. The van der Waals surface area contributed by atoms with Crippen LogP contribution in [0.1, 0.15) is 91.7 Å². The minimum absolute atomic E-state index is 0.0250. The topological polar surface area (TPSA) is 362 Å². The van der Waals surface area contributed by atoms with Gasteiger partial charge in [-0.3, -0.25) is 38.1 Å². The summed E-state index contributed by atoms with van der Waals surface area (Å²) in [5, 5.41) is 18.5. The molecule has 4 atom stereocenters. The number of likely N-dealkylation sites (tertiary alicyclic amines) is 1. The lowest BCUT2D eigenvalue weighted by Crippen LogP contribution is -2.40. The van der Waals surface area contributed by atoms with Crippen LogP contribution in [-0.4, -0.2) is 210 Å². The number of aromatic nitrogens is 17. The molecule has 5 fully saturated rings. The second-order valence-corrected chi connectivity index (χ2v) is 35.9. The van der Waals surface area contributed by atoms with Gasteiger partial charge in [-0.05, 0) is 200 Å². The maximum absolute atomic E-state index is 14.4. The molecule has 5 saturated heterocycles. The highest BCUT2D eigenvalue weighted by Crippen LogP contribution is 2.37. The number of benzene rings is 4. The van der Waals surface area contributed by atoms with Gasteiger partial charge in [0.25, 0.3) is 16.7 Å². The van der Waals surface area contributed by atoms with Gasteiger partial charge >= 0.3 is 6.18 Å². The first kappa shape index (κ1) is 89.6. The zero-order valence-electron chi connectivity index (χ0n) is 74.2. The van der Waals surface area contributed by atoms with Crippen molar-refractivity contribution in [1.29, 1.82) is 0 Å². The van der Waals surface area contributed by atoms with E-state index >= 15 is 0 Å². The van der Waals surface area contributed by atoms with E-state index in [-0.39, 0.29) is 64.6 Å². The number of aryl methyl sites for hydroxylation is 2. The van der Waals surface area contributed by atoms with Crippen molar-refractivity contribution in [3.8, 4) is 56.5 Å². The Balaban J connectivity index is 0.000000134. The molecule has 11 aromatic heterocycles. The van der Waals surface area contributed by atoms with Gasteiger partial charge in [0.2, 0.25) is 27.9 Å². The van der Waals surface area contributed by atoms with Crippen LogP contribution in [0.15, 0.2) is 222 Å². The highest BCUT2D eigenvalue weighted by Gasteiger charge is 2.35. The Morgan fingerprint density at radius 3 is 1.85 bits per heavy atom. The van der Waals surface area contributed by atoms with Crippen molar-refractivity contribution >= 4 is 83.7 Å². The Kier molecular flexibility index (Phi) is 26.4. The molecule has 37 heteroatoms. The summed E-state index contributed by atoms with van der Waals surface area (Å²) in [6.07, 6.45) is 20.5. The van der Waals surface area contributed by atoms with E-state index in [9.17, 15) is 36.0 Å². The van der Waals surface area contributed by atoms with Crippen molar-refractivity contribution in [2.24, 2.45) is 7.05 Å². The summed E-state index contributed by atoms with van der Waals surface area (Å²) in [5.74, 6) is 3.03. The van der Waals surface area contributed by atoms with Crippen LogP contribution in [0.25, 0.3) is 83.8 Å². The van der Waals surface area contributed by atoms with Crippen molar-refractivity contribution in [2.45, 2.75) is 102 Å². The van der Waals surface area contributed by atoms with Gasteiger partial charge in [-0.2, -0.15) is 28.1 Å². The maximum Gasteiger partial charge on any atom is 0.416 e. The van der Waals surface area contributed by atoms with Gasteiger partial charge < -0.3 is 59.7 Å². The average molecular weight is 1820 g/mol. The molecule has 4 unspecified atom stereocenters. The molecule has 20 rings (SSSR count). The average Bonchev–Trinajstić information content (AvgIpc) is 1.74. The molecule has 684 valence electrons. The third-order valence-corrected chi connectivity index (χ3v) is 25.9. The third kappa shape index (κ3) is 20.4. The molecule has 0 amide bonds. The van der Waals surface area contributed by atoms with Crippen LogP contribution in [0.5, 0.6) is 5.75 Å². The Labute approximate surface area is 763 Å². The first-order chi connectivity index (χ1) is 64.4. The predicted octanol–water partition coefficient (Wildman–Crippen LogP) is 13.5. The maximum atomic E-state index is 14.4. The van der Waals surface area contributed by atoms with Crippen LogP contribution < -0.4 is 48.0 Å². The summed E-state index contributed by atoms with van der Waals surface area (Å²) in [5.41, 5.74) is 9.50. The molecule has 133 heavy (non-hydrogen) atoms. The van der Waals surface area contributed by atoms with Crippen molar-refractivity contribution in [2.75, 3.05) is 114 Å². The summed E-state index contributed by atoms with van der Waals surface area (Å²) in [6.45, 7) is 12.2. The Bertz CT molecular complexity index is 7000. The largest absolute Gasteiger partial charge is 0.489 e. The molecule has 4 aromatic carbocycles. The van der Waals surface area contributed by atoms with Gasteiger partial charge in [0.1, 0.15) is 46.8 Å². The molecule has 0 bridgehead atoms. The fourth-order valence-electron chi connectivity index (χ4n) is 17.5. The highest BCUT2D eigenvalue weighted by molar-refractivity contribution is 7.88. The summed E-state index contributed by atoms with van der Waals surface area (Å²) >= 11 is 0. The fraction of sp³-hybridized carbons (Fsp3) is 0.323. The number of anilines is 7. The number of fused-ring (bicyclic) bond motifs is 3. The van der Waals surface area contributed by atoms with Crippen molar-refractivity contribution in [3.05, 3.63) is 267 Å². The molecule has 33 nitrogen and oxygen atoms in total. The van der Waals surface area contributed by atoms with Gasteiger partial charge in [-0.15, -0.1) is 0 Å². The van der Waals surface area contributed by atoms with Gasteiger partial charge in [0, 0.05) is 189 Å². The zero-order valence-corrected chi connectivity index (χ0v) is 75.0. The minimum Gasteiger partial charge on any atom is -0.489 e. The smallest absolute Gasteiger partial charge is 0.416 e. The van der Waals surface area contributed by atoms with Crippen LogP contribution in [0.2, 0.25) is 0 Å². The number of pyridine rings is 5. The van der Waals surface area contributed by atoms with Gasteiger partial charge in [-0.25, -0.2) is 47.6 Å². The highest BCUT2D eigenvalue weighted by atomic mass is 32.2. The van der Waals surface area contributed by atoms with E-state index in [1.165, 1.54) is 33.3 Å². The molecular weight excluding hydrogens is 1720 g/mol. The van der Waals surface area contributed by atoms with E-state index in [0.29, 0.717) is 126 Å². The Morgan fingerprint density at radius 2 is 1.23 bits per heavy atom. The molecule has 5 N–H and O–H groups in total. The molecule has 15 aromatic rings. The number of halogens is 3. The van der Waals surface area contributed by atoms with E-state index in [0.717, 1.165) is 133 Å². The number of hydrogen-bond acceptors (Lipinski definition) is 27. The van der Waals surface area contributed by atoms with Crippen LogP contribution in [-0.2, 0) is 45.8 Å². The van der Waals surface area contributed by atoms with Gasteiger partial charge in [-0.1, -0.05) is 30.3 Å². The quantitative estimate of drug-likeness (QED) is 0.0421. The van der Waals surface area contributed by atoms with Crippen molar-refractivity contribution in [1.82, 2.24) is 102 Å². The molecule has 16 heterocycles. The molecule has 0 radical (unpaired) electrons. The number of nitrogens with zero attached hydrogens (tertiary/aromatic N) is 20. The number of ether oxygens (including phenoxy) is 3. The van der Waals surface area contributed by atoms with E-state index < -0.39 is 27.3 Å². The number of hydrogen-bond donors (Lipinski definition) is 5. The van der Waals surface area contributed by atoms with E-state index in [4.69, 9.17) is 29.2 Å². The van der Waals surface area contributed by atoms with Crippen LogP contribution in [0.4, 0.5) is 53.8 Å². The molecule has 0 saturated carbocycles. The van der Waals surface area contributed by atoms with Gasteiger partial charge in [0.05, 0.1) is 77.6 Å². The lowest BCUT2D eigenvalue weighted by Gasteiger charge is -2.32. The van der Waals surface area contributed by atoms with Gasteiger partial charge in [0.15, 0.2) is 0 Å². The third-order valence-electron chi connectivity index (χ3n) is 24.6. The van der Waals surface area contributed by atoms with Crippen LogP contribution in [0.3, 0.4) is 0 Å². The first-order valence-electron chi connectivity index (χ1n) is 44.3. The number of likely N-dealkylation sites (N-methyl/N-ethyl adjacent to an activating group) is 2. The summed E-state index contributed by atoms with van der Waals surface area (Å²) in [7, 11) is 2.72. The van der Waals surface area contributed by atoms with E-state index in [1.54, 1.807) is 83.4 Å². The zero-order chi connectivity index (χ0) is 92.0. The molecule has 5 aliphatic rings. The Hall–Kier alpha value is -14.0. The summed E-state index contributed by atoms with van der Waals surface area (Å²) < 4.78 is 93.8. The molecular formula is C96H100F3N25O8S. The second kappa shape index (κ2) is 39.2. The first-order valence-corrected chi connectivity index (χ1v) is 46.2. The lowest BCUT2D eigenvalue weighted by atomic mass is 10.0. The number of nitrogens with one attached hydrogen (secondary N) is 5. The van der Waals surface area contributed by atoms with E-state index in [2.05, 4.69) is 95.3 Å². The fourth-order valence-corrected chi connectivity index (χ4v) is 18.4. The number of imidazole rings is 2. The standard InChI is InChI=1S/C34H33F3N8O2.C33H37N9O4S.C29H30N8O2/c1-44-12-10-27(19-44)41-25-6-8-26(9-7-25)42-33-40-15-23-14-28(24-16-38-30(39-17-24)22-11-13-47-20-22)32(46)45(31(23)43-33)18-21-4-2-3-5-29(21)34(35,36)37;1-39-16-17-46-29(21-39)23-4-6-25(7-5-23)36-33-35-19-24-18-27(31-37-28(20-40(31)2)22-8-12-34-13-9-22)32(43)42(30(24)38-33)26-10-14-41(15-11-26)47(3,44)45;1-3-36-27-20(14-25(28(36)38)26-19(2)37(18-33-26)22-6-4-12-30-16-22)15-32-29(35-27)34-21-8-10-23(11-9-21)39-24-7-5-13-31-17-24/h2-9,14-17,22,27,41H,10-13,18-20H2,1H3,(H,40,42,43);4-9,12-13,18-20,26,29H,10-11,14-17,21H2,1-3H3,(H,35,36,38);4,6,8-12,14-16,18,24,31H,3,5,7,13,17H2,1-2H3,(H,32,34,35). The number of piperidine rings is 2. The Morgan fingerprint density at radius 1 is 0.594 bits per heavy atom. The minimum atomic E-state index is -4.60. The van der Waals surface area contributed by atoms with Crippen LogP contribution >= 0.6 is 0 Å². The molecule has 0 spiro atoms. The van der Waals surface area contributed by atoms with Crippen molar-refractivity contribution < 1.29 is 35.8 Å². The number of alkyl halides is 3. The SMILES string of the molecule is CCn1c(=O)c(-c2ncn(-c3cccnc3)c2C)cc2cnc(Nc3ccc(OC4CCCNC4)cc3)nc21.CN1CCC(Nc2ccc(Nc3ncc4cc(-c5cnc(C6CCOC6)nc5)c(=O)n(Cc5ccccc5C(F)(F)F)c4n3)cc2)C1.CN1CCOC(c2ccc(Nc3ncc4cc(-c5nc(-c6ccncc6)cn5C)c(=O)n(C5CCN(S(C)(=O)=O)CC5)c4n3)cc2)C1. The number of rotatable bonds is 22. The number of morpholine rings is 1. The second-order valence-electron chi connectivity index (χ2n) is 33.9. The number of sulfonamides is 1. The molecule has 0 aliphatic carbocycles. The van der Waals surface area contributed by atoms with E-state index in [1.807, 2.05) is 139 Å². The normalized spacial score (nSPS) is 17.6. The summed E-state index contributed by atoms with van der Waals surface area (Å²) in [6, 6.07) is 41.7. The molecule has 5 aliphatic heterocycles. The summed E-state index contributed by atoms with van der Waals surface area (Å²) in [4.78, 5) is 101.